The highest BCUT2D eigenvalue weighted by atomic mass is 19.1. The number of hydrogen-bond acceptors (Lipinski definition) is 7. The van der Waals surface area contributed by atoms with E-state index in [1.54, 1.807) is 13.0 Å². The average Bonchev–Trinajstić information content (AvgIpc) is 2.76. The summed E-state index contributed by atoms with van der Waals surface area (Å²) in [4.78, 5) is 20.6. The molecule has 1 aliphatic rings. The van der Waals surface area contributed by atoms with Gasteiger partial charge in [0.15, 0.2) is 11.6 Å². The second kappa shape index (κ2) is 10.9. The van der Waals surface area contributed by atoms with Gasteiger partial charge in [0.05, 0.1) is 18.3 Å². The normalized spacial score (nSPS) is 14.5. The first-order chi connectivity index (χ1) is 15.3. The van der Waals surface area contributed by atoms with Gasteiger partial charge in [-0.2, -0.15) is 0 Å². The summed E-state index contributed by atoms with van der Waals surface area (Å²) in [5, 5.41) is 9.05. The zero-order chi connectivity index (χ0) is 23.1. The maximum Gasteiger partial charge on any atom is 0.407 e. The Kier molecular flexibility index (Phi) is 8.04. The van der Waals surface area contributed by atoms with Crippen molar-refractivity contribution in [2.75, 3.05) is 26.3 Å². The fourth-order valence-corrected chi connectivity index (χ4v) is 3.16. The van der Waals surface area contributed by atoms with E-state index in [-0.39, 0.29) is 23.8 Å². The maximum atomic E-state index is 14.5. The third-order valence-electron chi connectivity index (χ3n) is 4.90. The zero-order valence-electron chi connectivity index (χ0n) is 18.4. The molecule has 2 aromatic rings. The Hall–Kier alpha value is -3.14. The highest BCUT2D eigenvalue weighted by Gasteiger charge is 2.25. The van der Waals surface area contributed by atoms with Gasteiger partial charge < -0.3 is 29.0 Å². The molecule has 1 fully saturated rings. The molecule has 0 spiro atoms. The number of amides is 1. The van der Waals surface area contributed by atoms with Crippen molar-refractivity contribution in [2.24, 2.45) is 0 Å². The molecule has 9 nitrogen and oxygen atoms in total. The van der Waals surface area contributed by atoms with Crippen LogP contribution in [0.1, 0.15) is 32.3 Å². The molecule has 0 radical (unpaired) electrons. The standard InChI is InChI=1S/C22H28FN3O6/c1-14(2)29-10-11-30-17-4-5-19(18(23)12-17)32-21-15(3)20(24-13-25-21)31-16-6-8-26(9-7-16)22(27)28/h4-5,12-14,16H,6-11H2,1-3H3,(H,27,28). The average molecular weight is 449 g/mol. The van der Waals surface area contributed by atoms with Crippen LogP contribution in [0.3, 0.4) is 0 Å². The van der Waals surface area contributed by atoms with Gasteiger partial charge in [0.25, 0.3) is 0 Å². The zero-order valence-corrected chi connectivity index (χ0v) is 18.4. The number of ether oxygens (including phenoxy) is 4. The summed E-state index contributed by atoms with van der Waals surface area (Å²) in [7, 11) is 0. The smallest absolute Gasteiger partial charge is 0.407 e. The minimum Gasteiger partial charge on any atom is -0.491 e. The summed E-state index contributed by atoms with van der Waals surface area (Å²) in [5.74, 6) is 0.288. The molecule has 0 saturated carbocycles. The second-order valence-corrected chi connectivity index (χ2v) is 7.66. The Morgan fingerprint density at radius 2 is 1.94 bits per heavy atom. The van der Waals surface area contributed by atoms with Gasteiger partial charge in [0, 0.05) is 32.0 Å². The van der Waals surface area contributed by atoms with Crippen LogP contribution in [-0.4, -0.2) is 64.6 Å². The quantitative estimate of drug-likeness (QED) is 0.572. The van der Waals surface area contributed by atoms with Crippen LogP contribution in [0, 0.1) is 12.7 Å². The predicted octanol–water partition coefficient (Wildman–Crippen LogP) is 4.04. The van der Waals surface area contributed by atoms with E-state index in [0.29, 0.717) is 56.3 Å². The van der Waals surface area contributed by atoms with Gasteiger partial charge >= 0.3 is 6.09 Å². The van der Waals surface area contributed by atoms with E-state index in [1.807, 2.05) is 13.8 Å². The van der Waals surface area contributed by atoms with Crippen molar-refractivity contribution in [3.63, 3.8) is 0 Å². The molecule has 2 heterocycles. The summed E-state index contributed by atoms with van der Waals surface area (Å²) in [6, 6.07) is 4.32. The first kappa shape index (κ1) is 23.5. The molecule has 1 aliphatic heterocycles. The summed E-state index contributed by atoms with van der Waals surface area (Å²) in [5.41, 5.74) is 0.527. The number of piperidine rings is 1. The fourth-order valence-electron chi connectivity index (χ4n) is 3.16. The lowest BCUT2D eigenvalue weighted by molar-refractivity contribution is 0.0552. The Morgan fingerprint density at radius 1 is 1.22 bits per heavy atom. The number of halogens is 1. The second-order valence-electron chi connectivity index (χ2n) is 7.66. The highest BCUT2D eigenvalue weighted by Crippen LogP contribution is 2.31. The number of nitrogens with zero attached hydrogens (tertiary/aromatic N) is 3. The van der Waals surface area contributed by atoms with Crippen LogP contribution in [-0.2, 0) is 4.74 Å². The van der Waals surface area contributed by atoms with E-state index in [9.17, 15) is 9.18 Å². The Bertz CT molecular complexity index is 919. The first-order valence-corrected chi connectivity index (χ1v) is 10.5. The van der Waals surface area contributed by atoms with Crippen molar-refractivity contribution in [3.8, 4) is 23.3 Å². The SMILES string of the molecule is Cc1c(Oc2ccc(OCCOC(C)C)cc2F)ncnc1OC1CCN(C(=O)O)CC1. The van der Waals surface area contributed by atoms with Crippen LogP contribution in [0.4, 0.5) is 9.18 Å². The van der Waals surface area contributed by atoms with Crippen LogP contribution in [0.25, 0.3) is 0 Å². The number of carboxylic acid groups (broad SMARTS) is 1. The molecule has 174 valence electrons. The van der Waals surface area contributed by atoms with Crippen molar-refractivity contribution >= 4 is 6.09 Å². The molecule has 1 aromatic carbocycles. The Morgan fingerprint density at radius 3 is 2.59 bits per heavy atom. The number of aromatic nitrogens is 2. The first-order valence-electron chi connectivity index (χ1n) is 10.5. The van der Waals surface area contributed by atoms with E-state index in [1.165, 1.54) is 23.4 Å². The van der Waals surface area contributed by atoms with Crippen LogP contribution in [0.5, 0.6) is 23.3 Å². The third-order valence-corrected chi connectivity index (χ3v) is 4.90. The highest BCUT2D eigenvalue weighted by molar-refractivity contribution is 5.65. The Balaban J connectivity index is 1.60. The van der Waals surface area contributed by atoms with Crippen LogP contribution < -0.4 is 14.2 Å². The molecule has 10 heteroatoms. The molecule has 1 saturated heterocycles. The van der Waals surface area contributed by atoms with E-state index in [2.05, 4.69) is 9.97 Å². The molecule has 3 rings (SSSR count). The lowest BCUT2D eigenvalue weighted by atomic mass is 10.1. The predicted molar refractivity (Wildman–Crippen MR) is 113 cm³/mol. The molecule has 0 aliphatic carbocycles. The van der Waals surface area contributed by atoms with Gasteiger partial charge in [-0.1, -0.05) is 0 Å². The van der Waals surface area contributed by atoms with Crippen LogP contribution in [0.15, 0.2) is 24.5 Å². The number of carbonyl (C=O) groups is 1. The van der Waals surface area contributed by atoms with Crippen molar-refractivity contribution < 1.29 is 33.2 Å². The van der Waals surface area contributed by atoms with Gasteiger partial charge in [-0.25, -0.2) is 19.2 Å². The third kappa shape index (κ3) is 6.43. The van der Waals surface area contributed by atoms with Crippen LogP contribution >= 0.6 is 0 Å². The van der Waals surface area contributed by atoms with Gasteiger partial charge in [-0.3, -0.25) is 0 Å². The molecule has 0 unspecified atom stereocenters. The summed E-state index contributed by atoms with van der Waals surface area (Å²) < 4.78 is 37.0. The lowest BCUT2D eigenvalue weighted by Gasteiger charge is -2.30. The van der Waals surface area contributed by atoms with E-state index < -0.39 is 11.9 Å². The molecule has 1 N–H and O–H groups in total. The van der Waals surface area contributed by atoms with Gasteiger partial charge in [0.2, 0.25) is 11.8 Å². The van der Waals surface area contributed by atoms with Gasteiger partial charge in [-0.15, -0.1) is 0 Å². The maximum absolute atomic E-state index is 14.5. The van der Waals surface area contributed by atoms with Crippen molar-refractivity contribution in [3.05, 3.63) is 35.9 Å². The summed E-state index contributed by atoms with van der Waals surface area (Å²) in [6.07, 6.45) is 1.41. The number of benzene rings is 1. The Labute approximate surface area is 186 Å². The van der Waals surface area contributed by atoms with E-state index in [0.717, 1.165) is 0 Å². The minimum atomic E-state index is -0.931. The van der Waals surface area contributed by atoms with E-state index in [4.69, 9.17) is 24.1 Å². The molecule has 1 amide bonds. The number of likely N-dealkylation sites (tertiary alicyclic amines) is 1. The summed E-state index contributed by atoms with van der Waals surface area (Å²) >= 11 is 0. The summed E-state index contributed by atoms with van der Waals surface area (Å²) in [6.45, 7) is 7.11. The molecule has 1 aromatic heterocycles. The largest absolute Gasteiger partial charge is 0.491 e. The van der Waals surface area contributed by atoms with E-state index >= 15 is 0 Å². The number of rotatable bonds is 9. The molecular formula is C22H28FN3O6. The fraction of sp³-hybridized carbons (Fsp3) is 0.500. The minimum absolute atomic E-state index is 0.00158. The molecule has 0 atom stereocenters. The monoisotopic (exact) mass is 449 g/mol. The van der Waals surface area contributed by atoms with Crippen molar-refractivity contribution in [1.82, 2.24) is 14.9 Å². The molecule has 32 heavy (non-hydrogen) atoms. The van der Waals surface area contributed by atoms with Gasteiger partial charge in [0.1, 0.15) is 24.8 Å². The van der Waals surface area contributed by atoms with Crippen molar-refractivity contribution in [2.45, 2.75) is 45.8 Å². The topological polar surface area (TPSA) is 103 Å². The van der Waals surface area contributed by atoms with Gasteiger partial charge in [-0.05, 0) is 32.9 Å². The molecule has 0 bridgehead atoms. The van der Waals surface area contributed by atoms with Crippen molar-refractivity contribution in [1.29, 1.82) is 0 Å². The lowest BCUT2D eigenvalue weighted by Crippen LogP contribution is -2.41. The number of hydrogen-bond donors (Lipinski definition) is 1. The van der Waals surface area contributed by atoms with Crippen LogP contribution in [0.2, 0.25) is 0 Å². The molecular weight excluding hydrogens is 421 g/mol.